The molecule has 1 aliphatic rings. The number of phenolic OH excluding ortho intramolecular Hbond substituents is 1. The lowest BCUT2D eigenvalue weighted by molar-refractivity contribution is 0.0607. The molecule has 0 bridgehead atoms. The summed E-state index contributed by atoms with van der Waals surface area (Å²) in [6.07, 6.45) is 4.39. The van der Waals surface area contributed by atoms with Gasteiger partial charge in [0.05, 0.1) is 0 Å². The lowest BCUT2D eigenvalue weighted by Gasteiger charge is -2.35. The molecule has 3 heteroatoms. The molecular weight excluding hydrogens is 226 g/mol. The van der Waals surface area contributed by atoms with Crippen LogP contribution in [0.1, 0.15) is 48.5 Å². The Hall–Kier alpha value is -1.51. The van der Waals surface area contributed by atoms with Gasteiger partial charge in [0.1, 0.15) is 5.75 Å². The van der Waals surface area contributed by atoms with Crippen molar-refractivity contribution in [3.8, 4) is 5.75 Å². The number of benzene rings is 1. The molecule has 1 aromatic rings. The Bertz CT molecular complexity index is 442. The van der Waals surface area contributed by atoms with Crippen molar-refractivity contribution in [2.75, 3.05) is 6.54 Å². The molecule has 1 amide bonds. The molecule has 2 rings (SSSR count). The minimum Gasteiger partial charge on any atom is -0.508 e. The first-order valence-electron chi connectivity index (χ1n) is 6.74. The van der Waals surface area contributed by atoms with Crippen molar-refractivity contribution in [2.24, 2.45) is 0 Å². The minimum absolute atomic E-state index is 0.0648. The maximum Gasteiger partial charge on any atom is 0.254 e. The first kappa shape index (κ1) is 12.9. The zero-order chi connectivity index (χ0) is 13.1. The van der Waals surface area contributed by atoms with Crippen LogP contribution in [0, 0.1) is 6.92 Å². The summed E-state index contributed by atoms with van der Waals surface area (Å²) in [5.74, 6) is 0.265. The van der Waals surface area contributed by atoms with E-state index in [0.717, 1.165) is 25.8 Å². The molecule has 1 aromatic carbocycles. The zero-order valence-corrected chi connectivity index (χ0v) is 11.1. The SMILES string of the molecule is CCC1CCCCN1C(=O)c1cccc(O)c1C. The Balaban J connectivity index is 2.27. The van der Waals surface area contributed by atoms with Crippen LogP contribution in [0.3, 0.4) is 0 Å². The van der Waals surface area contributed by atoms with Crippen LogP contribution >= 0.6 is 0 Å². The molecule has 1 saturated heterocycles. The van der Waals surface area contributed by atoms with E-state index in [1.165, 1.54) is 6.42 Å². The van der Waals surface area contributed by atoms with Gasteiger partial charge in [-0.15, -0.1) is 0 Å². The maximum atomic E-state index is 12.6. The van der Waals surface area contributed by atoms with Gasteiger partial charge in [0.2, 0.25) is 0 Å². The van der Waals surface area contributed by atoms with Gasteiger partial charge in [0.25, 0.3) is 5.91 Å². The van der Waals surface area contributed by atoms with Crippen molar-refractivity contribution in [1.82, 2.24) is 4.90 Å². The molecule has 0 saturated carbocycles. The van der Waals surface area contributed by atoms with Crippen LogP contribution in [-0.4, -0.2) is 28.5 Å². The van der Waals surface area contributed by atoms with Crippen molar-refractivity contribution in [3.63, 3.8) is 0 Å². The molecule has 0 spiro atoms. The first-order valence-corrected chi connectivity index (χ1v) is 6.74. The Morgan fingerprint density at radius 3 is 2.94 bits per heavy atom. The highest BCUT2D eigenvalue weighted by molar-refractivity contribution is 5.96. The number of likely N-dealkylation sites (tertiary alicyclic amines) is 1. The zero-order valence-electron chi connectivity index (χ0n) is 11.1. The van der Waals surface area contributed by atoms with Gasteiger partial charge in [-0.25, -0.2) is 0 Å². The van der Waals surface area contributed by atoms with Gasteiger partial charge in [-0.2, -0.15) is 0 Å². The van der Waals surface area contributed by atoms with E-state index in [0.29, 0.717) is 17.2 Å². The van der Waals surface area contributed by atoms with E-state index < -0.39 is 0 Å². The van der Waals surface area contributed by atoms with Gasteiger partial charge >= 0.3 is 0 Å². The topological polar surface area (TPSA) is 40.5 Å². The van der Waals surface area contributed by atoms with E-state index in [4.69, 9.17) is 0 Å². The van der Waals surface area contributed by atoms with Crippen LogP contribution in [0.2, 0.25) is 0 Å². The highest BCUT2D eigenvalue weighted by atomic mass is 16.3. The van der Waals surface area contributed by atoms with Crippen molar-refractivity contribution >= 4 is 5.91 Å². The van der Waals surface area contributed by atoms with Crippen molar-refractivity contribution < 1.29 is 9.90 Å². The highest BCUT2D eigenvalue weighted by Gasteiger charge is 2.27. The van der Waals surface area contributed by atoms with Crippen molar-refractivity contribution in [2.45, 2.75) is 45.6 Å². The van der Waals surface area contributed by atoms with Crippen LogP contribution in [0.15, 0.2) is 18.2 Å². The van der Waals surface area contributed by atoms with Gasteiger partial charge in [-0.1, -0.05) is 13.0 Å². The minimum atomic E-state index is 0.0648. The summed E-state index contributed by atoms with van der Waals surface area (Å²) in [4.78, 5) is 14.5. The van der Waals surface area contributed by atoms with E-state index in [-0.39, 0.29) is 11.7 Å². The molecule has 0 radical (unpaired) electrons. The van der Waals surface area contributed by atoms with Gasteiger partial charge in [-0.05, 0) is 44.7 Å². The van der Waals surface area contributed by atoms with E-state index in [2.05, 4.69) is 6.92 Å². The van der Waals surface area contributed by atoms with E-state index in [9.17, 15) is 9.90 Å². The molecule has 1 unspecified atom stereocenters. The Morgan fingerprint density at radius 2 is 2.22 bits per heavy atom. The molecular formula is C15H21NO2. The Morgan fingerprint density at radius 1 is 1.44 bits per heavy atom. The predicted octanol–water partition coefficient (Wildman–Crippen LogP) is 3.11. The fourth-order valence-corrected chi connectivity index (χ4v) is 2.70. The van der Waals surface area contributed by atoms with Gasteiger partial charge < -0.3 is 10.0 Å². The summed E-state index contributed by atoms with van der Waals surface area (Å²) in [6, 6.07) is 5.52. The summed E-state index contributed by atoms with van der Waals surface area (Å²) >= 11 is 0. The number of rotatable bonds is 2. The molecule has 1 aliphatic heterocycles. The molecule has 1 atom stereocenters. The predicted molar refractivity (Wildman–Crippen MR) is 71.8 cm³/mol. The quantitative estimate of drug-likeness (QED) is 0.872. The van der Waals surface area contributed by atoms with Gasteiger partial charge in [0, 0.05) is 23.7 Å². The lowest BCUT2D eigenvalue weighted by Crippen LogP contribution is -2.43. The van der Waals surface area contributed by atoms with Gasteiger partial charge in [0.15, 0.2) is 0 Å². The number of hydrogen-bond acceptors (Lipinski definition) is 2. The largest absolute Gasteiger partial charge is 0.508 e. The second kappa shape index (κ2) is 5.42. The number of carbonyl (C=O) groups excluding carboxylic acids is 1. The fourth-order valence-electron chi connectivity index (χ4n) is 2.70. The fraction of sp³-hybridized carbons (Fsp3) is 0.533. The number of nitrogens with zero attached hydrogens (tertiary/aromatic N) is 1. The number of aromatic hydroxyl groups is 1. The summed E-state index contributed by atoms with van der Waals surface area (Å²) < 4.78 is 0. The van der Waals surface area contributed by atoms with Crippen LogP contribution < -0.4 is 0 Å². The standard InChI is InChI=1S/C15H21NO2/c1-3-12-7-4-5-10-16(12)15(18)13-8-6-9-14(17)11(13)2/h6,8-9,12,17H,3-5,7,10H2,1-2H3. The van der Waals surface area contributed by atoms with Crippen LogP contribution in [0.25, 0.3) is 0 Å². The Kier molecular flexibility index (Phi) is 3.90. The molecule has 0 aromatic heterocycles. The molecule has 98 valence electrons. The first-order chi connectivity index (χ1) is 8.65. The lowest BCUT2D eigenvalue weighted by atomic mass is 9.97. The monoisotopic (exact) mass is 247 g/mol. The number of phenols is 1. The third-order valence-electron chi connectivity index (χ3n) is 3.89. The number of amides is 1. The second-order valence-electron chi connectivity index (χ2n) is 5.01. The van der Waals surface area contributed by atoms with E-state index in [1.807, 2.05) is 4.90 Å². The van der Waals surface area contributed by atoms with Crippen molar-refractivity contribution in [3.05, 3.63) is 29.3 Å². The normalized spacial score (nSPS) is 19.9. The maximum absolute atomic E-state index is 12.6. The molecule has 1 fully saturated rings. The molecule has 1 heterocycles. The molecule has 18 heavy (non-hydrogen) atoms. The van der Waals surface area contributed by atoms with E-state index >= 15 is 0 Å². The third kappa shape index (κ3) is 2.35. The average molecular weight is 247 g/mol. The number of piperidine rings is 1. The molecule has 1 N–H and O–H groups in total. The summed E-state index contributed by atoms with van der Waals surface area (Å²) in [5, 5.41) is 9.70. The third-order valence-corrected chi connectivity index (χ3v) is 3.89. The van der Waals surface area contributed by atoms with Crippen molar-refractivity contribution in [1.29, 1.82) is 0 Å². The number of hydrogen-bond donors (Lipinski definition) is 1. The van der Waals surface area contributed by atoms with Crippen LogP contribution in [0.5, 0.6) is 5.75 Å². The number of carbonyl (C=O) groups is 1. The van der Waals surface area contributed by atoms with Crippen LogP contribution in [0.4, 0.5) is 0 Å². The summed E-state index contributed by atoms with van der Waals surface area (Å²) in [7, 11) is 0. The molecule has 3 nitrogen and oxygen atoms in total. The second-order valence-corrected chi connectivity index (χ2v) is 5.01. The Labute approximate surface area is 108 Å². The highest BCUT2D eigenvalue weighted by Crippen LogP contribution is 2.25. The van der Waals surface area contributed by atoms with Gasteiger partial charge in [-0.3, -0.25) is 4.79 Å². The van der Waals surface area contributed by atoms with Crippen LogP contribution in [-0.2, 0) is 0 Å². The smallest absolute Gasteiger partial charge is 0.254 e. The summed E-state index contributed by atoms with van der Waals surface area (Å²) in [6.45, 7) is 4.77. The summed E-state index contributed by atoms with van der Waals surface area (Å²) in [5.41, 5.74) is 1.32. The average Bonchev–Trinajstić information content (AvgIpc) is 2.41. The molecule has 0 aliphatic carbocycles. The van der Waals surface area contributed by atoms with E-state index in [1.54, 1.807) is 25.1 Å².